The molecule has 1 unspecified atom stereocenters. The fraction of sp³-hybridized carbons (Fsp3) is 0.250. The van der Waals surface area contributed by atoms with Crippen LogP contribution in [0.4, 0.5) is 0 Å². The predicted molar refractivity (Wildman–Crippen MR) is 63.5 cm³/mol. The van der Waals surface area contributed by atoms with E-state index in [1.54, 1.807) is 37.4 Å². The normalized spacial score (nSPS) is 12.3. The van der Waals surface area contributed by atoms with E-state index in [9.17, 15) is 9.90 Å². The Morgan fingerprint density at radius 3 is 2.83 bits per heavy atom. The lowest BCUT2D eigenvalue weighted by molar-refractivity contribution is -0.141. The fourth-order valence-electron chi connectivity index (χ4n) is 1.57. The lowest BCUT2D eigenvalue weighted by atomic mass is 10.1. The van der Waals surface area contributed by atoms with Gasteiger partial charge in [-0.25, -0.2) is 4.68 Å². The van der Waals surface area contributed by atoms with E-state index in [4.69, 9.17) is 5.11 Å². The topological polar surface area (TPSA) is 88.2 Å². The van der Waals surface area contributed by atoms with Gasteiger partial charge in [-0.15, -0.1) is 5.10 Å². The zero-order valence-electron chi connectivity index (χ0n) is 9.82. The molecule has 18 heavy (non-hydrogen) atoms. The summed E-state index contributed by atoms with van der Waals surface area (Å²) in [6.45, 7) is 1.61. The number of nitrogens with zero attached hydrogens (tertiary/aromatic N) is 3. The molecule has 6 nitrogen and oxygen atoms in total. The molecule has 0 aliphatic carbocycles. The van der Waals surface area contributed by atoms with Crippen LogP contribution in [-0.4, -0.2) is 31.2 Å². The fourth-order valence-corrected chi connectivity index (χ4v) is 1.57. The molecule has 1 aromatic heterocycles. The molecule has 0 spiro atoms. The molecule has 0 bridgehead atoms. The van der Waals surface area contributed by atoms with Crippen LogP contribution in [0.2, 0.25) is 0 Å². The van der Waals surface area contributed by atoms with Crippen molar-refractivity contribution in [2.24, 2.45) is 5.92 Å². The van der Waals surface area contributed by atoms with Gasteiger partial charge in [0.1, 0.15) is 11.4 Å². The molecule has 2 rings (SSSR count). The molecule has 0 radical (unpaired) electrons. The molecule has 0 aliphatic heterocycles. The highest BCUT2D eigenvalue weighted by molar-refractivity contribution is 5.69. The monoisotopic (exact) mass is 247 g/mol. The van der Waals surface area contributed by atoms with Gasteiger partial charge in [0.15, 0.2) is 0 Å². The Labute approximate surface area is 103 Å². The Morgan fingerprint density at radius 1 is 1.44 bits per heavy atom. The molecule has 1 atom stereocenters. The average molecular weight is 247 g/mol. The minimum Gasteiger partial charge on any atom is -0.506 e. The Hall–Kier alpha value is -2.37. The predicted octanol–water partition coefficient (Wildman–Crippen LogP) is 1.24. The summed E-state index contributed by atoms with van der Waals surface area (Å²) in [5.41, 5.74) is 1.09. The van der Waals surface area contributed by atoms with Crippen molar-refractivity contribution in [1.29, 1.82) is 0 Å². The number of aromatic hydroxyl groups is 1. The van der Waals surface area contributed by atoms with Crippen molar-refractivity contribution in [3.63, 3.8) is 0 Å². The molecule has 1 aromatic carbocycles. The highest BCUT2D eigenvalue weighted by Gasteiger charge is 2.14. The summed E-state index contributed by atoms with van der Waals surface area (Å²) in [5, 5.41) is 26.2. The Kier molecular flexibility index (Phi) is 3.27. The number of phenols is 1. The SMILES string of the molecule is CC(Cc1cn(-c2ccccc2O)nn1)C(=O)O. The van der Waals surface area contributed by atoms with E-state index < -0.39 is 11.9 Å². The molecule has 6 heteroatoms. The lowest BCUT2D eigenvalue weighted by Crippen LogP contribution is -2.12. The number of para-hydroxylation sites is 2. The third kappa shape index (κ3) is 2.48. The number of hydrogen-bond donors (Lipinski definition) is 2. The van der Waals surface area contributed by atoms with Crippen LogP contribution in [0, 0.1) is 5.92 Å². The van der Waals surface area contributed by atoms with Crippen LogP contribution in [0.5, 0.6) is 5.75 Å². The molecule has 1 heterocycles. The van der Waals surface area contributed by atoms with Gasteiger partial charge in [-0.1, -0.05) is 24.3 Å². The maximum Gasteiger partial charge on any atom is 0.306 e. The Balaban J connectivity index is 2.21. The standard InChI is InChI=1S/C12H13N3O3/c1-8(12(17)18)6-9-7-15(14-13-9)10-4-2-3-5-11(10)16/h2-5,7-8,16H,6H2,1H3,(H,17,18). The van der Waals surface area contributed by atoms with Crippen LogP contribution >= 0.6 is 0 Å². The maximum atomic E-state index is 10.7. The van der Waals surface area contributed by atoms with Crippen molar-refractivity contribution in [1.82, 2.24) is 15.0 Å². The summed E-state index contributed by atoms with van der Waals surface area (Å²) in [4.78, 5) is 10.7. The summed E-state index contributed by atoms with van der Waals surface area (Å²) < 4.78 is 1.43. The van der Waals surface area contributed by atoms with Gasteiger partial charge in [-0.3, -0.25) is 4.79 Å². The van der Waals surface area contributed by atoms with Crippen LogP contribution in [0.25, 0.3) is 5.69 Å². The first-order valence-electron chi connectivity index (χ1n) is 5.50. The van der Waals surface area contributed by atoms with Gasteiger partial charge in [-0.2, -0.15) is 0 Å². The van der Waals surface area contributed by atoms with Gasteiger partial charge in [0.05, 0.1) is 17.8 Å². The molecule has 2 N–H and O–H groups in total. The minimum atomic E-state index is -0.868. The third-order valence-corrected chi connectivity index (χ3v) is 2.61. The molecular formula is C12H13N3O3. The molecule has 94 valence electrons. The highest BCUT2D eigenvalue weighted by Crippen LogP contribution is 2.19. The highest BCUT2D eigenvalue weighted by atomic mass is 16.4. The first kappa shape index (κ1) is 12.1. The largest absolute Gasteiger partial charge is 0.506 e. The van der Waals surface area contributed by atoms with Crippen molar-refractivity contribution in [2.75, 3.05) is 0 Å². The van der Waals surface area contributed by atoms with Crippen LogP contribution in [0.15, 0.2) is 30.5 Å². The van der Waals surface area contributed by atoms with Gasteiger partial charge in [-0.05, 0) is 12.1 Å². The average Bonchev–Trinajstić information content (AvgIpc) is 2.77. The van der Waals surface area contributed by atoms with Crippen molar-refractivity contribution in [2.45, 2.75) is 13.3 Å². The molecule has 2 aromatic rings. The van der Waals surface area contributed by atoms with E-state index in [-0.39, 0.29) is 5.75 Å². The van der Waals surface area contributed by atoms with E-state index >= 15 is 0 Å². The Morgan fingerprint density at radius 2 is 2.17 bits per heavy atom. The first-order valence-corrected chi connectivity index (χ1v) is 5.50. The summed E-state index contributed by atoms with van der Waals surface area (Å²) in [6.07, 6.45) is 1.93. The number of phenolic OH excluding ortho intramolecular Hbond substituents is 1. The number of aliphatic carboxylic acids is 1. The second-order valence-electron chi connectivity index (χ2n) is 4.09. The van der Waals surface area contributed by atoms with Crippen LogP contribution < -0.4 is 0 Å². The van der Waals surface area contributed by atoms with Crippen LogP contribution in [-0.2, 0) is 11.2 Å². The van der Waals surface area contributed by atoms with Crippen LogP contribution in [0.3, 0.4) is 0 Å². The van der Waals surface area contributed by atoms with Crippen LogP contribution in [0.1, 0.15) is 12.6 Å². The zero-order chi connectivity index (χ0) is 13.1. The third-order valence-electron chi connectivity index (χ3n) is 2.61. The maximum absolute atomic E-state index is 10.7. The number of carbonyl (C=O) groups is 1. The van der Waals surface area contributed by atoms with Crippen molar-refractivity contribution < 1.29 is 15.0 Å². The van der Waals surface area contributed by atoms with Crippen molar-refractivity contribution >= 4 is 5.97 Å². The number of benzene rings is 1. The zero-order valence-corrected chi connectivity index (χ0v) is 9.82. The smallest absolute Gasteiger partial charge is 0.306 e. The molecule has 0 saturated carbocycles. The molecule has 0 fully saturated rings. The quantitative estimate of drug-likeness (QED) is 0.848. The van der Waals surface area contributed by atoms with Gasteiger partial charge in [0.2, 0.25) is 0 Å². The van der Waals surface area contributed by atoms with Crippen molar-refractivity contribution in [3.8, 4) is 11.4 Å². The number of aromatic nitrogens is 3. The Bertz CT molecular complexity index is 565. The molecule has 0 aliphatic rings. The van der Waals surface area contributed by atoms with Gasteiger partial charge in [0.25, 0.3) is 0 Å². The summed E-state index contributed by atoms with van der Waals surface area (Å²) in [6, 6.07) is 6.74. The van der Waals surface area contributed by atoms with E-state index in [2.05, 4.69) is 10.3 Å². The van der Waals surface area contributed by atoms with Gasteiger partial charge in [0, 0.05) is 6.42 Å². The van der Waals surface area contributed by atoms with Gasteiger partial charge >= 0.3 is 5.97 Å². The summed E-state index contributed by atoms with van der Waals surface area (Å²) in [5.74, 6) is -1.29. The minimum absolute atomic E-state index is 0.0974. The van der Waals surface area contributed by atoms with Crippen molar-refractivity contribution in [3.05, 3.63) is 36.2 Å². The number of carboxylic acid groups (broad SMARTS) is 1. The van der Waals surface area contributed by atoms with Gasteiger partial charge < -0.3 is 10.2 Å². The molecule has 0 saturated heterocycles. The summed E-state index contributed by atoms with van der Waals surface area (Å²) >= 11 is 0. The molecular weight excluding hydrogens is 234 g/mol. The summed E-state index contributed by atoms with van der Waals surface area (Å²) in [7, 11) is 0. The van der Waals surface area contributed by atoms with E-state index in [0.29, 0.717) is 17.8 Å². The van der Waals surface area contributed by atoms with E-state index in [1.807, 2.05) is 0 Å². The molecule has 0 amide bonds. The lowest BCUT2D eigenvalue weighted by Gasteiger charge is -2.02. The second-order valence-corrected chi connectivity index (χ2v) is 4.09. The van der Waals surface area contributed by atoms with E-state index in [1.165, 1.54) is 4.68 Å². The second kappa shape index (κ2) is 4.87. The number of rotatable bonds is 4. The first-order chi connectivity index (χ1) is 8.58. The number of carboxylic acids is 1. The number of hydrogen-bond acceptors (Lipinski definition) is 4. The van der Waals surface area contributed by atoms with E-state index in [0.717, 1.165) is 0 Å².